The third kappa shape index (κ3) is 3.79. The lowest BCUT2D eigenvalue weighted by Crippen LogP contribution is -2.34. The molecule has 1 saturated carbocycles. The summed E-state index contributed by atoms with van der Waals surface area (Å²) in [6, 6.07) is 2.75. The van der Waals surface area contributed by atoms with Gasteiger partial charge in [-0.15, -0.1) is 0 Å². The first-order chi connectivity index (χ1) is 10.3. The molecule has 1 fully saturated rings. The second-order valence-corrected chi connectivity index (χ2v) is 6.76. The summed E-state index contributed by atoms with van der Waals surface area (Å²) in [6.45, 7) is 0. The van der Waals surface area contributed by atoms with Crippen LogP contribution in [0.4, 0.5) is 5.82 Å². The number of anilines is 1. The number of rotatable bonds is 3. The first-order valence-electron chi connectivity index (χ1n) is 7.10. The van der Waals surface area contributed by atoms with E-state index in [1.165, 1.54) is 32.1 Å². The summed E-state index contributed by atoms with van der Waals surface area (Å²) >= 11 is 5.80. The van der Waals surface area contributed by atoms with Gasteiger partial charge in [-0.1, -0.05) is 19.3 Å². The predicted molar refractivity (Wildman–Crippen MR) is 105 cm³/mol. The van der Waals surface area contributed by atoms with E-state index in [4.69, 9.17) is 0 Å². The molecule has 0 amide bonds. The molecule has 0 aliphatic heterocycles. The molecule has 7 heteroatoms. The molecule has 0 radical (unpaired) electrons. The first kappa shape index (κ1) is 17.2. The van der Waals surface area contributed by atoms with Gasteiger partial charge in [-0.3, -0.25) is 3.97 Å². The van der Waals surface area contributed by atoms with Gasteiger partial charge in [-0.05, 0) is 25.2 Å². The molecule has 4 nitrogen and oxygen atoms in total. The van der Waals surface area contributed by atoms with Gasteiger partial charge in [0, 0.05) is 49.6 Å². The van der Waals surface area contributed by atoms with Gasteiger partial charge in [-0.2, -0.15) is 12.6 Å². The van der Waals surface area contributed by atoms with Crippen LogP contribution in [0.2, 0.25) is 0 Å². The van der Waals surface area contributed by atoms with Crippen molar-refractivity contribution >= 4 is 59.8 Å². The smallest absolute Gasteiger partial charge is 0.156 e. The minimum Gasteiger partial charge on any atom is -0.356 e. The molecule has 2 heterocycles. The standard InChI is InChI=1S/C13H17IN4S.CH4S/c1-17(10-5-3-2-4-6-10)12-11-7-8-18(19-14)13(11)16-9-15-12;1-2/h7-10H,2-6H2,1H3;2H,1H3. The topological polar surface area (TPSA) is 34.0 Å². The fourth-order valence-corrected chi connectivity index (χ4v) is 4.16. The summed E-state index contributed by atoms with van der Waals surface area (Å²) in [6.07, 6.45) is 12.1. The maximum absolute atomic E-state index is 4.52. The van der Waals surface area contributed by atoms with Crippen molar-refractivity contribution in [1.29, 1.82) is 0 Å². The molecule has 2 aromatic heterocycles. The lowest BCUT2D eigenvalue weighted by Gasteiger charge is -2.32. The zero-order valence-electron chi connectivity index (χ0n) is 12.4. The Hall–Kier alpha value is -0.150. The van der Waals surface area contributed by atoms with Crippen LogP contribution >= 0.6 is 43.0 Å². The van der Waals surface area contributed by atoms with Gasteiger partial charge >= 0.3 is 0 Å². The maximum atomic E-state index is 4.52. The van der Waals surface area contributed by atoms with E-state index in [0.29, 0.717) is 6.04 Å². The normalized spacial score (nSPS) is 15.6. The molecule has 1 aliphatic rings. The fourth-order valence-electron chi connectivity index (χ4n) is 2.89. The minimum absolute atomic E-state index is 0.627. The van der Waals surface area contributed by atoms with Crippen molar-refractivity contribution in [2.75, 3.05) is 18.2 Å². The van der Waals surface area contributed by atoms with Gasteiger partial charge in [-0.25, -0.2) is 9.97 Å². The van der Waals surface area contributed by atoms with E-state index < -0.39 is 0 Å². The number of nitrogens with zero attached hydrogens (tertiary/aromatic N) is 4. The third-order valence-corrected chi connectivity index (χ3v) is 5.67. The van der Waals surface area contributed by atoms with Crippen LogP contribution in [0.15, 0.2) is 18.6 Å². The highest BCUT2D eigenvalue weighted by Crippen LogP contribution is 2.31. The molecular formula is C14H21IN4S2. The monoisotopic (exact) mass is 436 g/mol. The Morgan fingerprint density at radius 2 is 2.00 bits per heavy atom. The van der Waals surface area contributed by atoms with Crippen LogP contribution in [-0.2, 0) is 0 Å². The molecular weight excluding hydrogens is 415 g/mol. The van der Waals surface area contributed by atoms with Crippen molar-refractivity contribution in [2.24, 2.45) is 0 Å². The number of fused-ring (bicyclic) bond motifs is 1. The molecule has 0 saturated heterocycles. The largest absolute Gasteiger partial charge is 0.356 e. The van der Waals surface area contributed by atoms with Crippen LogP contribution < -0.4 is 4.90 Å². The van der Waals surface area contributed by atoms with E-state index in [9.17, 15) is 0 Å². The molecule has 21 heavy (non-hydrogen) atoms. The summed E-state index contributed by atoms with van der Waals surface area (Å²) in [5.74, 6) is 1.07. The number of hydrogen-bond donors (Lipinski definition) is 1. The zero-order valence-corrected chi connectivity index (χ0v) is 16.2. The summed E-state index contributed by atoms with van der Waals surface area (Å²) < 4.78 is 2.08. The molecule has 1 aliphatic carbocycles. The molecule has 116 valence electrons. The van der Waals surface area contributed by atoms with Gasteiger partial charge in [0.1, 0.15) is 12.1 Å². The highest BCUT2D eigenvalue weighted by Gasteiger charge is 2.21. The van der Waals surface area contributed by atoms with E-state index in [1.54, 1.807) is 21.7 Å². The van der Waals surface area contributed by atoms with Gasteiger partial charge in [0.25, 0.3) is 0 Å². The van der Waals surface area contributed by atoms with Crippen LogP contribution in [0.3, 0.4) is 0 Å². The lowest BCUT2D eigenvalue weighted by atomic mass is 9.94. The van der Waals surface area contributed by atoms with E-state index in [2.05, 4.69) is 72.0 Å². The van der Waals surface area contributed by atoms with Gasteiger partial charge in [0.05, 0.1) is 5.39 Å². The Labute approximate surface area is 148 Å². The molecule has 0 spiro atoms. The quantitative estimate of drug-likeness (QED) is 0.564. The van der Waals surface area contributed by atoms with Crippen molar-refractivity contribution < 1.29 is 0 Å². The summed E-state index contributed by atoms with van der Waals surface area (Å²) in [5, 5.41) is 1.15. The maximum Gasteiger partial charge on any atom is 0.156 e. The van der Waals surface area contributed by atoms with Gasteiger partial charge in [0.15, 0.2) is 5.65 Å². The average Bonchev–Trinajstić information content (AvgIpc) is 3.00. The molecule has 2 aromatic rings. The predicted octanol–water partition coefficient (Wildman–Crippen LogP) is 4.59. The Morgan fingerprint density at radius 3 is 2.67 bits per heavy atom. The molecule has 0 unspecified atom stereocenters. The van der Waals surface area contributed by atoms with Crippen molar-refractivity contribution in [1.82, 2.24) is 13.9 Å². The van der Waals surface area contributed by atoms with E-state index in [-0.39, 0.29) is 0 Å². The molecule has 0 bridgehead atoms. The van der Waals surface area contributed by atoms with Crippen molar-refractivity contribution in [3.05, 3.63) is 18.6 Å². The average molecular weight is 436 g/mol. The molecule has 3 rings (SSSR count). The van der Waals surface area contributed by atoms with E-state index >= 15 is 0 Å². The molecule has 0 atom stereocenters. The highest BCUT2D eigenvalue weighted by molar-refractivity contribution is 14.2. The lowest BCUT2D eigenvalue weighted by molar-refractivity contribution is 0.426. The number of hydrogen-bond acceptors (Lipinski definition) is 5. The molecule has 0 N–H and O–H groups in total. The summed E-state index contributed by atoms with van der Waals surface area (Å²) in [5.41, 5.74) is 1.01. The summed E-state index contributed by atoms with van der Waals surface area (Å²) in [4.78, 5) is 11.3. The van der Waals surface area contributed by atoms with Crippen LogP contribution in [0.25, 0.3) is 11.0 Å². The third-order valence-electron chi connectivity index (χ3n) is 3.96. The van der Waals surface area contributed by atoms with Crippen molar-refractivity contribution in [2.45, 2.75) is 38.1 Å². The SMILES string of the molecule is CN(c1ncnc2c1ccn2SI)C1CCCCC1.CS. The highest BCUT2D eigenvalue weighted by atomic mass is 127. The minimum atomic E-state index is 0.627. The molecule has 0 aromatic carbocycles. The van der Waals surface area contributed by atoms with Crippen LogP contribution in [-0.4, -0.2) is 33.3 Å². The van der Waals surface area contributed by atoms with Crippen molar-refractivity contribution in [3.8, 4) is 0 Å². The van der Waals surface area contributed by atoms with Crippen LogP contribution in [0.1, 0.15) is 32.1 Å². The number of thiol groups is 1. The zero-order chi connectivity index (χ0) is 15.2. The second kappa shape index (κ2) is 8.47. The Balaban J connectivity index is 0.000000774. The second-order valence-electron chi connectivity index (χ2n) is 5.05. The van der Waals surface area contributed by atoms with Crippen LogP contribution in [0, 0.1) is 0 Å². The first-order valence-corrected chi connectivity index (χ1v) is 11.3. The van der Waals surface area contributed by atoms with Crippen LogP contribution in [0.5, 0.6) is 0 Å². The van der Waals surface area contributed by atoms with Gasteiger partial charge < -0.3 is 4.90 Å². The van der Waals surface area contributed by atoms with Crippen molar-refractivity contribution in [3.63, 3.8) is 0 Å². The van der Waals surface area contributed by atoms with E-state index in [1.807, 2.05) is 0 Å². The Morgan fingerprint density at radius 1 is 1.29 bits per heavy atom. The Kier molecular flexibility index (Phi) is 6.94. The van der Waals surface area contributed by atoms with E-state index in [0.717, 1.165) is 16.9 Å². The Bertz CT molecular complexity index is 569. The number of aromatic nitrogens is 3. The summed E-state index contributed by atoms with van der Waals surface area (Å²) in [7, 11) is 3.81. The fraction of sp³-hybridized carbons (Fsp3) is 0.571. The number of halogens is 1. The van der Waals surface area contributed by atoms with Gasteiger partial charge in [0.2, 0.25) is 0 Å².